The quantitative estimate of drug-likeness (QED) is 0.600. The Kier molecular flexibility index (Phi) is 4.13. The van der Waals surface area contributed by atoms with Crippen molar-refractivity contribution in [1.29, 1.82) is 0 Å². The van der Waals surface area contributed by atoms with Crippen LogP contribution in [0.1, 0.15) is 17.7 Å². The lowest BCUT2D eigenvalue weighted by atomic mass is 10.2. The van der Waals surface area contributed by atoms with Crippen molar-refractivity contribution in [3.8, 4) is 23.0 Å². The van der Waals surface area contributed by atoms with E-state index in [4.69, 9.17) is 32.9 Å². The molecule has 24 heavy (non-hydrogen) atoms. The predicted octanol–water partition coefficient (Wildman–Crippen LogP) is 5.73. The summed E-state index contributed by atoms with van der Waals surface area (Å²) in [6.07, 6.45) is 2.93. The van der Waals surface area contributed by atoms with Crippen molar-refractivity contribution in [2.75, 3.05) is 0 Å². The SMILES string of the molecule is Clc1ccc(Oc2nc(-c3ccccc3)nc3c2CCC3)c(Cl)c1. The van der Waals surface area contributed by atoms with E-state index in [2.05, 4.69) is 4.98 Å². The van der Waals surface area contributed by atoms with Gasteiger partial charge in [-0.25, -0.2) is 4.98 Å². The molecule has 0 N–H and O–H groups in total. The van der Waals surface area contributed by atoms with Crippen molar-refractivity contribution in [3.63, 3.8) is 0 Å². The van der Waals surface area contributed by atoms with Gasteiger partial charge in [-0.05, 0) is 37.5 Å². The molecule has 1 aliphatic rings. The molecule has 2 aromatic carbocycles. The lowest BCUT2D eigenvalue weighted by molar-refractivity contribution is 0.456. The lowest BCUT2D eigenvalue weighted by Gasteiger charge is -2.12. The zero-order chi connectivity index (χ0) is 16.5. The molecule has 1 aromatic heterocycles. The summed E-state index contributed by atoms with van der Waals surface area (Å²) in [5, 5.41) is 1.04. The van der Waals surface area contributed by atoms with Crippen LogP contribution in [-0.2, 0) is 12.8 Å². The predicted molar refractivity (Wildman–Crippen MR) is 96.0 cm³/mol. The number of fused-ring (bicyclic) bond motifs is 1. The maximum atomic E-state index is 6.23. The van der Waals surface area contributed by atoms with E-state index >= 15 is 0 Å². The van der Waals surface area contributed by atoms with Crippen molar-refractivity contribution in [2.45, 2.75) is 19.3 Å². The summed E-state index contributed by atoms with van der Waals surface area (Å²) in [7, 11) is 0. The monoisotopic (exact) mass is 356 g/mol. The zero-order valence-electron chi connectivity index (χ0n) is 12.8. The van der Waals surface area contributed by atoms with E-state index in [1.165, 1.54) is 0 Å². The van der Waals surface area contributed by atoms with Gasteiger partial charge in [0.25, 0.3) is 0 Å². The van der Waals surface area contributed by atoms with Gasteiger partial charge in [0.1, 0.15) is 5.75 Å². The van der Waals surface area contributed by atoms with E-state index in [1.807, 2.05) is 30.3 Å². The molecule has 4 rings (SSSR count). The van der Waals surface area contributed by atoms with Crippen LogP contribution in [0.3, 0.4) is 0 Å². The fourth-order valence-corrected chi connectivity index (χ4v) is 3.31. The first-order valence-electron chi connectivity index (χ1n) is 7.79. The molecule has 0 atom stereocenters. The third-order valence-electron chi connectivity index (χ3n) is 4.03. The molecule has 5 heteroatoms. The number of hydrogen-bond donors (Lipinski definition) is 0. The maximum absolute atomic E-state index is 6.23. The van der Waals surface area contributed by atoms with Gasteiger partial charge in [0.05, 0.1) is 10.7 Å². The van der Waals surface area contributed by atoms with Crippen molar-refractivity contribution in [1.82, 2.24) is 9.97 Å². The number of rotatable bonds is 3. The number of benzene rings is 2. The Hall–Kier alpha value is -2.10. The molecule has 1 heterocycles. The largest absolute Gasteiger partial charge is 0.437 e. The van der Waals surface area contributed by atoms with Crippen LogP contribution in [0, 0.1) is 0 Å². The van der Waals surface area contributed by atoms with Crippen molar-refractivity contribution >= 4 is 23.2 Å². The summed E-state index contributed by atoms with van der Waals surface area (Å²) in [5.41, 5.74) is 3.10. The van der Waals surface area contributed by atoms with Gasteiger partial charge in [0, 0.05) is 16.1 Å². The molecule has 1 aliphatic carbocycles. The van der Waals surface area contributed by atoms with Gasteiger partial charge in [-0.3, -0.25) is 0 Å². The highest BCUT2D eigenvalue weighted by Gasteiger charge is 2.22. The first-order chi connectivity index (χ1) is 11.7. The van der Waals surface area contributed by atoms with E-state index < -0.39 is 0 Å². The molecule has 0 spiro atoms. The molecule has 0 unspecified atom stereocenters. The van der Waals surface area contributed by atoms with Gasteiger partial charge < -0.3 is 4.74 Å². The Bertz CT molecular complexity index is 897. The summed E-state index contributed by atoms with van der Waals surface area (Å²) in [6.45, 7) is 0. The first kappa shape index (κ1) is 15.4. The average molecular weight is 357 g/mol. The van der Waals surface area contributed by atoms with Crippen LogP contribution in [-0.4, -0.2) is 9.97 Å². The van der Waals surface area contributed by atoms with Gasteiger partial charge >= 0.3 is 0 Å². The highest BCUT2D eigenvalue weighted by Crippen LogP contribution is 2.36. The number of ether oxygens (including phenoxy) is 1. The molecule has 3 aromatic rings. The van der Waals surface area contributed by atoms with Crippen molar-refractivity contribution in [3.05, 3.63) is 69.8 Å². The lowest BCUT2D eigenvalue weighted by Crippen LogP contribution is -2.01. The Balaban J connectivity index is 1.78. The smallest absolute Gasteiger partial charge is 0.226 e. The Morgan fingerprint density at radius 2 is 1.75 bits per heavy atom. The van der Waals surface area contributed by atoms with E-state index in [0.29, 0.717) is 27.5 Å². The van der Waals surface area contributed by atoms with Crippen LogP contribution in [0.15, 0.2) is 48.5 Å². The fraction of sp³-hybridized carbons (Fsp3) is 0.158. The molecule has 0 fully saturated rings. The number of aryl methyl sites for hydroxylation is 1. The van der Waals surface area contributed by atoms with Crippen LogP contribution >= 0.6 is 23.2 Å². The molecule has 0 saturated heterocycles. The second-order valence-corrected chi connectivity index (χ2v) is 6.52. The number of aromatic nitrogens is 2. The molecule has 0 saturated carbocycles. The van der Waals surface area contributed by atoms with Crippen LogP contribution in [0.4, 0.5) is 0 Å². The molecule has 0 amide bonds. The van der Waals surface area contributed by atoms with Crippen LogP contribution < -0.4 is 4.74 Å². The molecule has 0 radical (unpaired) electrons. The minimum Gasteiger partial charge on any atom is -0.437 e. The minimum absolute atomic E-state index is 0.467. The zero-order valence-corrected chi connectivity index (χ0v) is 14.3. The fourth-order valence-electron chi connectivity index (χ4n) is 2.86. The number of hydrogen-bond acceptors (Lipinski definition) is 3. The van der Waals surface area contributed by atoms with E-state index in [-0.39, 0.29) is 0 Å². The van der Waals surface area contributed by atoms with Gasteiger partial charge in [-0.2, -0.15) is 4.98 Å². The molecule has 0 aliphatic heterocycles. The molecular formula is C19H14Cl2N2O. The average Bonchev–Trinajstić information content (AvgIpc) is 3.07. The Labute approximate surface area is 150 Å². The van der Waals surface area contributed by atoms with Gasteiger partial charge in [-0.15, -0.1) is 0 Å². The van der Waals surface area contributed by atoms with E-state index in [9.17, 15) is 0 Å². The standard InChI is InChI=1S/C19H14Cl2N2O/c20-13-9-10-17(15(21)11-13)24-19-14-7-4-8-16(14)22-18(23-19)12-5-2-1-3-6-12/h1-3,5-6,9-11H,4,7-8H2. The molecular weight excluding hydrogens is 343 g/mol. The summed E-state index contributed by atoms with van der Waals surface area (Å²) in [4.78, 5) is 9.37. The molecule has 120 valence electrons. The summed E-state index contributed by atoms with van der Waals surface area (Å²) in [6, 6.07) is 15.1. The normalized spacial score (nSPS) is 12.9. The first-order valence-corrected chi connectivity index (χ1v) is 8.54. The van der Waals surface area contributed by atoms with Crippen LogP contribution in [0.5, 0.6) is 11.6 Å². The minimum atomic E-state index is 0.467. The Morgan fingerprint density at radius 1 is 0.917 bits per heavy atom. The summed E-state index contributed by atoms with van der Waals surface area (Å²) in [5.74, 6) is 1.81. The highest BCUT2D eigenvalue weighted by molar-refractivity contribution is 6.35. The summed E-state index contributed by atoms with van der Waals surface area (Å²) >= 11 is 12.2. The van der Waals surface area contributed by atoms with Gasteiger partial charge in [-0.1, -0.05) is 53.5 Å². The number of halogens is 2. The number of nitrogens with zero attached hydrogens (tertiary/aromatic N) is 2. The molecule has 0 bridgehead atoms. The second kappa shape index (κ2) is 6.42. The summed E-state index contributed by atoms with van der Waals surface area (Å²) < 4.78 is 6.03. The third-order valence-corrected chi connectivity index (χ3v) is 4.56. The highest BCUT2D eigenvalue weighted by atomic mass is 35.5. The Morgan fingerprint density at radius 3 is 2.54 bits per heavy atom. The van der Waals surface area contributed by atoms with Gasteiger partial charge in [0.15, 0.2) is 5.82 Å². The van der Waals surface area contributed by atoms with E-state index in [0.717, 1.165) is 36.1 Å². The van der Waals surface area contributed by atoms with Crippen molar-refractivity contribution < 1.29 is 4.74 Å². The van der Waals surface area contributed by atoms with Crippen LogP contribution in [0.2, 0.25) is 10.0 Å². The molecule has 3 nitrogen and oxygen atoms in total. The third kappa shape index (κ3) is 2.97. The van der Waals surface area contributed by atoms with Gasteiger partial charge in [0.2, 0.25) is 5.88 Å². The van der Waals surface area contributed by atoms with Crippen molar-refractivity contribution in [2.24, 2.45) is 0 Å². The maximum Gasteiger partial charge on any atom is 0.226 e. The van der Waals surface area contributed by atoms with E-state index in [1.54, 1.807) is 18.2 Å². The van der Waals surface area contributed by atoms with Crippen LogP contribution in [0.25, 0.3) is 11.4 Å². The topological polar surface area (TPSA) is 35.0 Å². The second-order valence-electron chi connectivity index (χ2n) is 5.67.